The summed E-state index contributed by atoms with van der Waals surface area (Å²) in [5.74, 6) is 1.05. The molecule has 0 radical (unpaired) electrons. The second-order valence-corrected chi connectivity index (χ2v) is 7.57. The topological polar surface area (TPSA) is 105 Å². The molecule has 2 heterocycles. The monoisotopic (exact) mass is 414 g/mol. The minimum atomic E-state index is -0.219. The van der Waals surface area contributed by atoms with E-state index in [1.54, 1.807) is 9.58 Å². The summed E-state index contributed by atoms with van der Waals surface area (Å²) in [5.41, 5.74) is 1.74. The van der Waals surface area contributed by atoms with Crippen LogP contribution in [0.4, 0.5) is 0 Å². The van der Waals surface area contributed by atoms with Crippen LogP contribution >= 0.6 is 0 Å². The van der Waals surface area contributed by atoms with Crippen LogP contribution in [0.2, 0.25) is 0 Å². The third-order valence-electron chi connectivity index (χ3n) is 5.56. The first-order chi connectivity index (χ1) is 15.3. The van der Waals surface area contributed by atoms with E-state index in [1.165, 1.54) is 0 Å². The summed E-state index contributed by atoms with van der Waals surface area (Å²) in [6, 6.07) is 19.6. The number of nitrogens with one attached hydrogen (secondary N) is 1. The highest BCUT2D eigenvalue weighted by Crippen LogP contribution is 2.27. The zero-order chi connectivity index (χ0) is 21.0. The standard InChI is InChI=1S/C22H22N8O/c31-22(29(17-11-7-8-12-17)15-19-24-27-28-25-19)20-23-21(16-9-3-1-4-10-16)30(26-20)18-13-5-2-6-14-18/h1-6,9-10,13-14,17H,7-8,11-12,15H2,(H,24,25,27,28). The fourth-order valence-corrected chi connectivity index (χ4v) is 4.04. The molecule has 0 bridgehead atoms. The average Bonchev–Trinajstić information content (AvgIpc) is 3.60. The van der Waals surface area contributed by atoms with Gasteiger partial charge in [-0.2, -0.15) is 5.21 Å². The Bertz CT molecular complexity index is 1080. The molecule has 2 aromatic heterocycles. The first-order valence-corrected chi connectivity index (χ1v) is 10.4. The van der Waals surface area contributed by atoms with E-state index in [1.807, 2.05) is 60.7 Å². The molecule has 0 unspecified atom stereocenters. The van der Waals surface area contributed by atoms with Crippen LogP contribution in [-0.2, 0) is 6.54 Å². The number of H-pyrrole nitrogens is 1. The first-order valence-electron chi connectivity index (χ1n) is 10.4. The third-order valence-corrected chi connectivity index (χ3v) is 5.56. The molecule has 0 atom stereocenters. The molecular formula is C22H22N8O. The lowest BCUT2D eigenvalue weighted by Crippen LogP contribution is -2.39. The van der Waals surface area contributed by atoms with Gasteiger partial charge in [-0.15, -0.1) is 15.3 Å². The van der Waals surface area contributed by atoms with Crippen molar-refractivity contribution in [3.63, 3.8) is 0 Å². The highest BCUT2D eigenvalue weighted by molar-refractivity contribution is 5.91. The van der Waals surface area contributed by atoms with Crippen molar-refractivity contribution in [3.05, 3.63) is 72.3 Å². The fourth-order valence-electron chi connectivity index (χ4n) is 4.04. The number of hydrogen-bond acceptors (Lipinski definition) is 6. The Balaban J connectivity index is 1.55. The van der Waals surface area contributed by atoms with E-state index in [0.717, 1.165) is 36.9 Å². The highest BCUT2D eigenvalue weighted by Gasteiger charge is 2.31. The maximum atomic E-state index is 13.6. The van der Waals surface area contributed by atoms with Crippen molar-refractivity contribution in [2.45, 2.75) is 38.3 Å². The second kappa shape index (κ2) is 8.47. The van der Waals surface area contributed by atoms with E-state index >= 15 is 0 Å². The number of carbonyl (C=O) groups is 1. The normalized spacial score (nSPS) is 14.1. The number of aromatic amines is 1. The largest absolute Gasteiger partial charge is 0.325 e. The molecule has 156 valence electrons. The van der Waals surface area contributed by atoms with Crippen molar-refractivity contribution < 1.29 is 4.79 Å². The molecule has 0 spiro atoms. The lowest BCUT2D eigenvalue weighted by molar-refractivity contribution is 0.0646. The summed E-state index contributed by atoms with van der Waals surface area (Å²) < 4.78 is 1.73. The lowest BCUT2D eigenvalue weighted by Gasteiger charge is -2.26. The fraction of sp³-hybridized carbons (Fsp3) is 0.273. The van der Waals surface area contributed by atoms with Crippen LogP contribution in [-0.4, -0.2) is 52.2 Å². The van der Waals surface area contributed by atoms with Crippen molar-refractivity contribution in [1.82, 2.24) is 40.3 Å². The number of para-hydroxylation sites is 1. The number of nitrogens with zero attached hydrogens (tertiary/aromatic N) is 7. The van der Waals surface area contributed by atoms with Gasteiger partial charge in [0, 0.05) is 11.6 Å². The zero-order valence-electron chi connectivity index (χ0n) is 16.9. The summed E-state index contributed by atoms with van der Waals surface area (Å²) >= 11 is 0. The molecular weight excluding hydrogens is 392 g/mol. The molecule has 9 heteroatoms. The van der Waals surface area contributed by atoms with Crippen molar-refractivity contribution in [2.75, 3.05) is 0 Å². The maximum absolute atomic E-state index is 13.6. The van der Waals surface area contributed by atoms with E-state index in [0.29, 0.717) is 11.6 Å². The smallest absolute Gasteiger partial charge is 0.294 e. The van der Waals surface area contributed by atoms with Crippen LogP contribution in [0.5, 0.6) is 0 Å². The molecule has 1 N–H and O–H groups in total. The van der Waals surface area contributed by atoms with Crippen LogP contribution in [0.1, 0.15) is 42.1 Å². The van der Waals surface area contributed by atoms with Gasteiger partial charge in [-0.25, -0.2) is 9.67 Å². The first kappa shape index (κ1) is 19.1. The number of hydrogen-bond donors (Lipinski definition) is 1. The van der Waals surface area contributed by atoms with E-state index in [4.69, 9.17) is 0 Å². The number of aromatic nitrogens is 7. The summed E-state index contributed by atoms with van der Waals surface area (Å²) in [4.78, 5) is 20.1. The molecule has 1 aliphatic rings. The average molecular weight is 414 g/mol. The minimum absolute atomic E-state index is 0.120. The van der Waals surface area contributed by atoms with Gasteiger partial charge in [0.05, 0.1) is 12.2 Å². The van der Waals surface area contributed by atoms with Crippen molar-refractivity contribution >= 4 is 5.91 Å². The Labute approximate surface area is 179 Å². The van der Waals surface area contributed by atoms with Gasteiger partial charge in [-0.05, 0) is 25.0 Å². The molecule has 1 saturated carbocycles. The van der Waals surface area contributed by atoms with Gasteiger partial charge in [0.25, 0.3) is 5.91 Å². The van der Waals surface area contributed by atoms with Crippen LogP contribution < -0.4 is 0 Å². The second-order valence-electron chi connectivity index (χ2n) is 7.57. The molecule has 4 aromatic rings. The predicted molar refractivity (Wildman–Crippen MR) is 113 cm³/mol. The molecule has 0 aliphatic heterocycles. The maximum Gasteiger partial charge on any atom is 0.294 e. The molecule has 1 amide bonds. The molecule has 1 aliphatic carbocycles. The molecule has 0 saturated heterocycles. The highest BCUT2D eigenvalue weighted by atomic mass is 16.2. The number of benzene rings is 2. The number of carbonyl (C=O) groups excluding carboxylic acids is 1. The quantitative estimate of drug-likeness (QED) is 0.520. The Morgan fingerprint density at radius 3 is 2.42 bits per heavy atom. The van der Waals surface area contributed by atoms with E-state index < -0.39 is 0 Å². The SMILES string of the molecule is O=C(c1nc(-c2ccccc2)n(-c2ccccc2)n1)N(Cc1nn[nH]n1)C1CCCC1. The van der Waals surface area contributed by atoms with Crippen LogP contribution in [0.25, 0.3) is 17.1 Å². The van der Waals surface area contributed by atoms with E-state index in [9.17, 15) is 4.79 Å². The van der Waals surface area contributed by atoms with Gasteiger partial charge in [-0.1, -0.05) is 66.6 Å². The molecule has 9 nitrogen and oxygen atoms in total. The Morgan fingerprint density at radius 2 is 1.74 bits per heavy atom. The molecule has 31 heavy (non-hydrogen) atoms. The Morgan fingerprint density at radius 1 is 1.03 bits per heavy atom. The summed E-state index contributed by atoms with van der Waals surface area (Å²) in [5, 5.41) is 18.8. The zero-order valence-corrected chi connectivity index (χ0v) is 16.9. The van der Waals surface area contributed by atoms with Crippen LogP contribution in [0.3, 0.4) is 0 Å². The van der Waals surface area contributed by atoms with E-state index in [-0.39, 0.29) is 24.3 Å². The summed E-state index contributed by atoms with van der Waals surface area (Å²) in [6.07, 6.45) is 4.10. The Hall–Kier alpha value is -3.88. The summed E-state index contributed by atoms with van der Waals surface area (Å²) in [6.45, 7) is 0.278. The number of rotatable bonds is 6. The van der Waals surface area contributed by atoms with Gasteiger partial charge < -0.3 is 4.90 Å². The van der Waals surface area contributed by atoms with Gasteiger partial charge in [0.2, 0.25) is 5.82 Å². The van der Waals surface area contributed by atoms with Crippen LogP contribution in [0, 0.1) is 0 Å². The van der Waals surface area contributed by atoms with Gasteiger partial charge in [0.15, 0.2) is 11.6 Å². The predicted octanol–water partition coefficient (Wildman–Crippen LogP) is 3.03. The minimum Gasteiger partial charge on any atom is -0.325 e. The third kappa shape index (κ3) is 3.94. The van der Waals surface area contributed by atoms with E-state index in [2.05, 4.69) is 30.7 Å². The van der Waals surface area contributed by atoms with Crippen molar-refractivity contribution in [1.29, 1.82) is 0 Å². The van der Waals surface area contributed by atoms with Crippen molar-refractivity contribution in [3.8, 4) is 17.1 Å². The lowest BCUT2D eigenvalue weighted by atomic mass is 10.2. The number of amides is 1. The molecule has 5 rings (SSSR count). The molecule has 2 aromatic carbocycles. The summed E-state index contributed by atoms with van der Waals surface area (Å²) in [7, 11) is 0. The van der Waals surface area contributed by atoms with Gasteiger partial charge >= 0.3 is 0 Å². The number of tetrazole rings is 1. The van der Waals surface area contributed by atoms with Gasteiger partial charge in [0.1, 0.15) is 0 Å². The molecule has 1 fully saturated rings. The van der Waals surface area contributed by atoms with Crippen molar-refractivity contribution in [2.24, 2.45) is 0 Å². The van der Waals surface area contributed by atoms with Gasteiger partial charge in [-0.3, -0.25) is 4.79 Å². The van der Waals surface area contributed by atoms with Crippen LogP contribution in [0.15, 0.2) is 60.7 Å². The Kier molecular flexibility index (Phi) is 5.22.